The monoisotopic (exact) mass is 201 g/mol. The molecule has 1 heterocycles. The molecule has 1 aromatic carbocycles. The highest BCUT2D eigenvalue weighted by Gasteiger charge is 2.29. The Labute approximate surface area is 92.2 Å². The molecule has 15 heavy (non-hydrogen) atoms. The predicted molar refractivity (Wildman–Crippen MR) is 65.7 cm³/mol. The van der Waals surface area contributed by atoms with Crippen LogP contribution in [0, 0.1) is 0 Å². The lowest BCUT2D eigenvalue weighted by molar-refractivity contribution is 0.434. The van der Waals surface area contributed by atoms with Crippen LogP contribution in [-0.4, -0.2) is 6.54 Å². The van der Waals surface area contributed by atoms with Crippen molar-refractivity contribution in [2.45, 2.75) is 32.2 Å². The summed E-state index contributed by atoms with van der Waals surface area (Å²) in [5, 5.41) is 3.59. The maximum absolute atomic E-state index is 4.00. The van der Waals surface area contributed by atoms with Gasteiger partial charge in [-0.3, -0.25) is 0 Å². The molecule has 1 heteroatoms. The highest BCUT2D eigenvalue weighted by molar-refractivity contribution is 5.62. The summed E-state index contributed by atoms with van der Waals surface area (Å²) in [7, 11) is 0. The van der Waals surface area contributed by atoms with Crippen molar-refractivity contribution in [3.8, 4) is 0 Å². The van der Waals surface area contributed by atoms with E-state index in [4.69, 9.17) is 0 Å². The highest BCUT2D eigenvalue weighted by atomic mass is 15.0. The summed E-state index contributed by atoms with van der Waals surface area (Å²) >= 11 is 0. The Kier molecular flexibility index (Phi) is 2.66. The first kappa shape index (κ1) is 10.4. The van der Waals surface area contributed by atoms with Crippen molar-refractivity contribution in [2.75, 3.05) is 6.54 Å². The lowest BCUT2D eigenvalue weighted by atomic mass is 9.89. The summed E-state index contributed by atoms with van der Waals surface area (Å²) in [6.45, 7) is 9.48. The van der Waals surface area contributed by atoms with Gasteiger partial charge in [-0.1, -0.05) is 30.4 Å². The fraction of sp³-hybridized carbons (Fsp3) is 0.429. The van der Waals surface area contributed by atoms with Crippen LogP contribution in [0.15, 0.2) is 30.8 Å². The fourth-order valence-electron chi connectivity index (χ4n) is 2.27. The Balaban J connectivity index is 2.36. The van der Waals surface area contributed by atoms with Crippen LogP contribution in [0.5, 0.6) is 0 Å². The van der Waals surface area contributed by atoms with E-state index in [-0.39, 0.29) is 5.54 Å². The van der Waals surface area contributed by atoms with Crippen LogP contribution in [0.1, 0.15) is 37.8 Å². The van der Waals surface area contributed by atoms with Crippen LogP contribution in [0.25, 0.3) is 5.57 Å². The lowest BCUT2D eigenvalue weighted by Crippen LogP contribution is -2.33. The van der Waals surface area contributed by atoms with Gasteiger partial charge in [0.05, 0.1) is 0 Å². The molecule has 80 valence electrons. The maximum atomic E-state index is 4.00. The lowest BCUT2D eigenvalue weighted by Gasteiger charge is -2.25. The maximum Gasteiger partial charge on any atom is 0.0406 e. The van der Waals surface area contributed by atoms with Crippen molar-refractivity contribution in [3.63, 3.8) is 0 Å². The Morgan fingerprint density at radius 3 is 2.87 bits per heavy atom. The number of allylic oxidation sites excluding steroid dienone is 1. The summed E-state index contributed by atoms with van der Waals surface area (Å²) in [6, 6.07) is 8.74. The molecule has 0 radical (unpaired) electrons. The molecule has 0 aliphatic carbocycles. The van der Waals surface area contributed by atoms with E-state index in [9.17, 15) is 0 Å². The molecule has 1 N–H and O–H groups in total. The summed E-state index contributed by atoms with van der Waals surface area (Å²) in [4.78, 5) is 0. The quantitative estimate of drug-likeness (QED) is 0.774. The van der Waals surface area contributed by atoms with Gasteiger partial charge in [0.25, 0.3) is 0 Å². The van der Waals surface area contributed by atoms with Gasteiger partial charge in [-0.2, -0.15) is 0 Å². The number of benzene rings is 1. The molecule has 2 rings (SSSR count). The average molecular weight is 201 g/mol. The van der Waals surface area contributed by atoms with Gasteiger partial charge >= 0.3 is 0 Å². The van der Waals surface area contributed by atoms with Crippen LogP contribution in [0.3, 0.4) is 0 Å². The van der Waals surface area contributed by atoms with Gasteiger partial charge in [-0.15, -0.1) is 0 Å². The molecular weight excluding hydrogens is 182 g/mol. The largest absolute Gasteiger partial charge is 0.308 e. The molecule has 0 aromatic heterocycles. The van der Waals surface area contributed by atoms with Crippen molar-refractivity contribution in [1.82, 2.24) is 5.32 Å². The molecule has 0 amide bonds. The van der Waals surface area contributed by atoms with Gasteiger partial charge in [0.2, 0.25) is 0 Å². The van der Waals surface area contributed by atoms with Gasteiger partial charge in [0.15, 0.2) is 0 Å². The topological polar surface area (TPSA) is 12.0 Å². The smallest absolute Gasteiger partial charge is 0.0406 e. The average Bonchev–Trinajstić information content (AvgIpc) is 2.67. The van der Waals surface area contributed by atoms with E-state index in [1.165, 1.54) is 24.0 Å². The molecule has 1 saturated heterocycles. The molecule has 1 nitrogen and oxygen atoms in total. The first-order valence-electron chi connectivity index (χ1n) is 5.63. The number of nitrogens with one attached hydrogen (secondary N) is 1. The predicted octanol–water partition coefficient (Wildman–Crippen LogP) is 3.32. The number of hydrogen-bond acceptors (Lipinski definition) is 1. The highest BCUT2D eigenvalue weighted by Crippen LogP contribution is 2.31. The van der Waals surface area contributed by atoms with Crippen LogP contribution in [0.2, 0.25) is 0 Å². The third kappa shape index (κ3) is 1.98. The van der Waals surface area contributed by atoms with E-state index < -0.39 is 0 Å². The molecule has 1 aromatic rings. The van der Waals surface area contributed by atoms with Crippen molar-refractivity contribution in [1.29, 1.82) is 0 Å². The number of hydrogen-bond donors (Lipinski definition) is 1. The zero-order chi connectivity index (χ0) is 10.9. The van der Waals surface area contributed by atoms with E-state index in [2.05, 4.69) is 50.0 Å². The summed E-state index contributed by atoms with van der Waals surface area (Å²) in [6.07, 6.45) is 2.50. The third-order valence-corrected chi connectivity index (χ3v) is 3.36. The summed E-state index contributed by atoms with van der Waals surface area (Å²) < 4.78 is 0. The van der Waals surface area contributed by atoms with Crippen molar-refractivity contribution in [3.05, 3.63) is 42.0 Å². The van der Waals surface area contributed by atoms with Gasteiger partial charge in [-0.05, 0) is 50.4 Å². The minimum absolute atomic E-state index is 0.172. The first-order valence-corrected chi connectivity index (χ1v) is 5.63. The van der Waals surface area contributed by atoms with Crippen molar-refractivity contribution >= 4 is 5.57 Å². The Bertz CT molecular complexity index is 373. The van der Waals surface area contributed by atoms with Crippen LogP contribution in [0.4, 0.5) is 0 Å². The van der Waals surface area contributed by atoms with E-state index >= 15 is 0 Å². The summed E-state index contributed by atoms with van der Waals surface area (Å²) in [5.74, 6) is 0. The molecule has 1 aliphatic heterocycles. The molecule has 0 spiro atoms. The van der Waals surface area contributed by atoms with Crippen LogP contribution in [-0.2, 0) is 5.54 Å². The van der Waals surface area contributed by atoms with Gasteiger partial charge in [0.1, 0.15) is 0 Å². The third-order valence-electron chi connectivity index (χ3n) is 3.36. The minimum Gasteiger partial charge on any atom is -0.308 e. The Morgan fingerprint density at radius 2 is 2.27 bits per heavy atom. The standard InChI is InChI=1S/C14H19N/c1-11(2)12-6-4-7-13(10-12)14(3)8-5-9-15-14/h4,6-7,10,15H,1,5,8-9H2,2-3H3. The van der Waals surface area contributed by atoms with Crippen LogP contribution < -0.4 is 5.32 Å². The van der Waals surface area contributed by atoms with E-state index in [0.29, 0.717) is 0 Å². The van der Waals surface area contributed by atoms with Gasteiger partial charge < -0.3 is 5.32 Å². The van der Waals surface area contributed by atoms with Crippen molar-refractivity contribution < 1.29 is 0 Å². The van der Waals surface area contributed by atoms with Crippen LogP contribution >= 0.6 is 0 Å². The van der Waals surface area contributed by atoms with Gasteiger partial charge in [-0.25, -0.2) is 0 Å². The minimum atomic E-state index is 0.172. The first-order chi connectivity index (χ1) is 7.12. The zero-order valence-electron chi connectivity index (χ0n) is 9.64. The van der Waals surface area contributed by atoms with Gasteiger partial charge in [0, 0.05) is 5.54 Å². The second-order valence-corrected chi connectivity index (χ2v) is 4.72. The zero-order valence-corrected chi connectivity index (χ0v) is 9.64. The molecule has 0 saturated carbocycles. The molecule has 1 fully saturated rings. The summed E-state index contributed by atoms with van der Waals surface area (Å²) in [5.41, 5.74) is 3.95. The molecule has 1 unspecified atom stereocenters. The second kappa shape index (κ2) is 3.82. The normalized spacial score (nSPS) is 25.5. The van der Waals surface area contributed by atoms with E-state index in [1.807, 2.05) is 0 Å². The Hall–Kier alpha value is -1.08. The fourth-order valence-corrected chi connectivity index (χ4v) is 2.27. The molecular formula is C14H19N. The molecule has 0 bridgehead atoms. The number of rotatable bonds is 2. The molecule has 1 aliphatic rings. The second-order valence-electron chi connectivity index (χ2n) is 4.72. The van der Waals surface area contributed by atoms with Crippen molar-refractivity contribution in [2.24, 2.45) is 0 Å². The Morgan fingerprint density at radius 1 is 1.47 bits per heavy atom. The SMILES string of the molecule is C=C(C)c1cccc(C2(C)CCCN2)c1. The van der Waals surface area contributed by atoms with E-state index in [0.717, 1.165) is 12.1 Å². The van der Waals surface area contributed by atoms with E-state index in [1.54, 1.807) is 0 Å². The molecule has 1 atom stereocenters.